The van der Waals surface area contributed by atoms with E-state index in [0.717, 1.165) is 22.9 Å². The summed E-state index contributed by atoms with van der Waals surface area (Å²) >= 11 is 6.23. The van der Waals surface area contributed by atoms with Crippen LogP contribution in [0.2, 0.25) is 0 Å². The molecule has 1 aliphatic rings. The quantitative estimate of drug-likeness (QED) is 0.467. The Labute approximate surface area is 113 Å². The summed E-state index contributed by atoms with van der Waals surface area (Å²) in [6.45, 7) is 0. The number of benzene rings is 1. The van der Waals surface area contributed by atoms with Gasteiger partial charge in [0.1, 0.15) is 0 Å². The summed E-state index contributed by atoms with van der Waals surface area (Å²) in [5, 5.41) is 0.992. The van der Waals surface area contributed by atoms with Gasteiger partial charge in [-0.15, -0.1) is 11.6 Å². The first-order valence-corrected chi connectivity index (χ1v) is 6.62. The molecule has 0 spiro atoms. The highest BCUT2D eigenvalue weighted by Gasteiger charge is 2.24. The number of fused-ring (bicyclic) bond motifs is 5. The third kappa shape index (κ3) is 1.53. The molecule has 0 aliphatic heterocycles. The summed E-state index contributed by atoms with van der Waals surface area (Å²) in [7, 11) is 0. The van der Waals surface area contributed by atoms with Crippen molar-refractivity contribution in [3.8, 4) is 0 Å². The van der Waals surface area contributed by atoms with Gasteiger partial charge in [-0.1, -0.05) is 0 Å². The molecule has 4 nitrogen and oxygen atoms in total. The van der Waals surface area contributed by atoms with Gasteiger partial charge in [0, 0.05) is 16.3 Å². The van der Waals surface area contributed by atoms with Crippen molar-refractivity contribution in [2.75, 3.05) is 0 Å². The fourth-order valence-corrected chi connectivity index (χ4v) is 3.06. The third-order valence-electron chi connectivity index (χ3n) is 3.72. The van der Waals surface area contributed by atoms with Crippen molar-refractivity contribution in [1.82, 2.24) is 4.98 Å². The van der Waals surface area contributed by atoms with Gasteiger partial charge >= 0.3 is 5.63 Å². The van der Waals surface area contributed by atoms with E-state index in [4.69, 9.17) is 20.4 Å². The highest BCUT2D eigenvalue weighted by atomic mass is 35.5. The highest BCUT2D eigenvalue weighted by molar-refractivity contribution is 6.21. The molecule has 1 aromatic carbocycles. The SMILES string of the molecule is O=c1oc2c(ccc3ocnc32)c2c1CCC(Cl)C2. The van der Waals surface area contributed by atoms with E-state index in [2.05, 4.69) is 4.98 Å². The van der Waals surface area contributed by atoms with E-state index in [1.54, 1.807) is 0 Å². The Hall–Kier alpha value is -1.81. The lowest BCUT2D eigenvalue weighted by Gasteiger charge is -2.19. The van der Waals surface area contributed by atoms with Crippen LogP contribution in [-0.4, -0.2) is 10.4 Å². The van der Waals surface area contributed by atoms with Gasteiger partial charge in [-0.05, 0) is 37.0 Å². The Kier molecular flexibility index (Phi) is 2.23. The van der Waals surface area contributed by atoms with Crippen LogP contribution in [0.3, 0.4) is 0 Å². The second-order valence-corrected chi connectivity index (χ2v) is 5.45. The summed E-state index contributed by atoms with van der Waals surface area (Å²) < 4.78 is 10.7. The predicted octanol–water partition coefficient (Wildman–Crippen LogP) is 3.03. The summed E-state index contributed by atoms with van der Waals surface area (Å²) in [6, 6.07) is 3.77. The molecule has 0 radical (unpaired) electrons. The molecule has 0 amide bonds. The number of rotatable bonds is 0. The lowest BCUT2D eigenvalue weighted by atomic mass is 9.90. The first-order valence-electron chi connectivity index (χ1n) is 6.19. The standard InChI is InChI=1S/C14H10ClNO3/c15-7-1-2-9-10(5-7)8-3-4-11-12(16-6-18-11)13(8)19-14(9)17/h3-4,6-7H,1-2,5H2. The van der Waals surface area contributed by atoms with Gasteiger partial charge in [0.15, 0.2) is 23.1 Å². The molecule has 0 saturated heterocycles. The van der Waals surface area contributed by atoms with E-state index in [-0.39, 0.29) is 11.0 Å². The molecule has 4 rings (SSSR count). The van der Waals surface area contributed by atoms with Crippen LogP contribution in [0.15, 0.2) is 32.2 Å². The van der Waals surface area contributed by atoms with E-state index >= 15 is 0 Å². The molecule has 1 atom stereocenters. The number of alkyl halides is 1. The maximum absolute atomic E-state index is 12.1. The molecule has 1 unspecified atom stereocenters. The van der Waals surface area contributed by atoms with Crippen molar-refractivity contribution >= 4 is 33.7 Å². The van der Waals surface area contributed by atoms with Gasteiger partial charge < -0.3 is 8.83 Å². The molecule has 0 bridgehead atoms. The third-order valence-corrected chi connectivity index (χ3v) is 4.09. The number of hydrogen-bond acceptors (Lipinski definition) is 4. The van der Waals surface area contributed by atoms with E-state index < -0.39 is 0 Å². The Balaban J connectivity index is 2.18. The van der Waals surface area contributed by atoms with E-state index in [1.165, 1.54) is 6.39 Å². The number of halogens is 1. The fourth-order valence-electron chi connectivity index (χ4n) is 2.80. The molecular weight excluding hydrogens is 266 g/mol. The second kappa shape index (κ2) is 3.84. The average molecular weight is 276 g/mol. The lowest BCUT2D eigenvalue weighted by Crippen LogP contribution is -2.21. The molecule has 0 fully saturated rings. The highest BCUT2D eigenvalue weighted by Crippen LogP contribution is 2.32. The van der Waals surface area contributed by atoms with Gasteiger partial charge in [-0.3, -0.25) is 0 Å². The Morgan fingerprint density at radius 2 is 2.21 bits per heavy atom. The summed E-state index contributed by atoms with van der Waals surface area (Å²) in [6.07, 6.45) is 3.55. The average Bonchev–Trinajstić information content (AvgIpc) is 2.87. The van der Waals surface area contributed by atoms with Crippen molar-refractivity contribution in [2.45, 2.75) is 24.6 Å². The molecule has 3 aromatic rings. The van der Waals surface area contributed by atoms with Crippen molar-refractivity contribution in [2.24, 2.45) is 0 Å². The minimum atomic E-state index is -0.276. The lowest BCUT2D eigenvalue weighted by molar-refractivity contribution is 0.537. The normalized spacial score (nSPS) is 18.9. The van der Waals surface area contributed by atoms with Crippen molar-refractivity contribution < 1.29 is 8.83 Å². The van der Waals surface area contributed by atoms with Gasteiger partial charge in [0.05, 0.1) is 0 Å². The van der Waals surface area contributed by atoms with Crippen molar-refractivity contribution in [1.29, 1.82) is 0 Å². The van der Waals surface area contributed by atoms with Crippen LogP contribution in [0.25, 0.3) is 22.1 Å². The molecule has 96 valence electrons. The predicted molar refractivity (Wildman–Crippen MR) is 71.7 cm³/mol. The minimum Gasteiger partial charge on any atom is -0.443 e. The largest absolute Gasteiger partial charge is 0.443 e. The van der Waals surface area contributed by atoms with Crippen LogP contribution in [0.1, 0.15) is 17.5 Å². The van der Waals surface area contributed by atoms with Gasteiger partial charge in [0.25, 0.3) is 0 Å². The van der Waals surface area contributed by atoms with Crippen LogP contribution in [-0.2, 0) is 12.8 Å². The molecule has 2 aromatic heterocycles. The van der Waals surface area contributed by atoms with Crippen LogP contribution in [0.4, 0.5) is 0 Å². The minimum absolute atomic E-state index is 0.0745. The molecule has 2 heterocycles. The summed E-state index contributed by atoms with van der Waals surface area (Å²) in [4.78, 5) is 16.2. The Bertz CT molecular complexity index is 849. The number of hydrogen-bond donors (Lipinski definition) is 0. The number of aromatic nitrogens is 1. The first kappa shape index (κ1) is 11.1. The molecule has 1 aliphatic carbocycles. The second-order valence-electron chi connectivity index (χ2n) is 4.83. The zero-order chi connectivity index (χ0) is 13.0. The Morgan fingerprint density at radius 3 is 3.11 bits per heavy atom. The Morgan fingerprint density at radius 1 is 1.32 bits per heavy atom. The van der Waals surface area contributed by atoms with Crippen molar-refractivity contribution in [3.63, 3.8) is 0 Å². The monoisotopic (exact) mass is 275 g/mol. The fraction of sp³-hybridized carbons (Fsp3) is 0.286. The first-order chi connectivity index (χ1) is 9.24. The van der Waals surface area contributed by atoms with E-state index in [9.17, 15) is 4.79 Å². The van der Waals surface area contributed by atoms with Gasteiger partial charge in [-0.25, -0.2) is 9.78 Å². The van der Waals surface area contributed by atoms with Crippen LogP contribution >= 0.6 is 11.6 Å². The van der Waals surface area contributed by atoms with Crippen LogP contribution in [0.5, 0.6) is 0 Å². The van der Waals surface area contributed by atoms with E-state index in [0.29, 0.717) is 29.5 Å². The molecular formula is C14H10ClNO3. The zero-order valence-corrected chi connectivity index (χ0v) is 10.7. The maximum Gasteiger partial charge on any atom is 0.339 e. The topological polar surface area (TPSA) is 56.2 Å². The molecule has 5 heteroatoms. The van der Waals surface area contributed by atoms with Gasteiger partial charge in [-0.2, -0.15) is 0 Å². The smallest absolute Gasteiger partial charge is 0.339 e. The van der Waals surface area contributed by atoms with Crippen LogP contribution < -0.4 is 5.63 Å². The maximum atomic E-state index is 12.1. The van der Waals surface area contributed by atoms with Crippen molar-refractivity contribution in [3.05, 3.63) is 40.1 Å². The zero-order valence-electron chi connectivity index (χ0n) is 9.98. The van der Waals surface area contributed by atoms with Gasteiger partial charge in [0.2, 0.25) is 0 Å². The molecule has 19 heavy (non-hydrogen) atoms. The molecule has 0 N–H and O–H groups in total. The van der Waals surface area contributed by atoms with E-state index in [1.807, 2.05) is 12.1 Å². The number of oxazole rings is 1. The molecule has 0 saturated carbocycles. The summed E-state index contributed by atoms with van der Waals surface area (Å²) in [5.74, 6) is 0. The summed E-state index contributed by atoms with van der Waals surface area (Å²) in [5.41, 5.74) is 3.19. The number of nitrogens with zero attached hydrogens (tertiary/aromatic N) is 1. The van der Waals surface area contributed by atoms with Crippen LogP contribution in [0, 0.1) is 0 Å².